The molecule has 3 heterocycles. The van der Waals surface area contributed by atoms with Gasteiger partial charge in [-0.1, -0.05) is 6.07 Å². The van der Waals surface area contributed by atoms with Gasteiger partial charge >= 0.3 is 0 Å². The third-order valence-electron chi connectivity index (χ3n) is 5.53. The van der Waals surface area contributed by atoms with Crippen LogP contribution in [0.1, 0.15) is 29.7 Å². The summed E-state index contributed by atoms with van der Waals surface area (Å²) in [6, 6.07) is 17.5. The standard InChI is InChI=1S/C26H28N4O2.3ClH/c1-30-25-8-7-23(18-21(25)6-9-26(30)31)32-16-3-2-12-28-19-22-5-4-13-29-24(22)17-20-10-14-27-15-11-20;;;/h4-11,13-15,18,28H,2-3,12,16-17,19H2,1H3;3*1H. The quantitative estimate of drug-likeness (QED) is 0.284. The molecular weight excluding hydrogens is 507 g/mol. The highest BCUT2D eigenvalue weighted by Gasteiger charge is 2.05. The van der Waals surface area contributed by atoms with Crippen LogP contribution in [0.2, 0.25) is 0 Å². The van der Waals surface area contributed by atoms with E-state index in [-0.39, 0.29) is 42.8 Å². The highest BCUT2D eigenvalue weighted by atomic mass is 35.5. The first kappa shape index (κ1) is 30.4. The fraction of sp³-hybridized carbons (Fsp3) is 0.269. The Hall–Kier alpha value is -2.64. The zero-order chi connectivity index (χ0) is 22.2. The maximum atomic E-state index is 11.7. The molecule has 1 N–H and O–H groups in total. The molecular formula is C26H31Cl3N4O2. The van der Waals surface area contributed by atoms with Crippen molar-refractivity contribution < 1.29 is 4.74 Å². The molecule has 0 aliphatic rings. The van der Waals surface area contributed by atoms with Crippen molar-refractivity contribution in [1.29, 1.82) is 0 Å². The van der Waals surface area contributed by atoms with Crippen LogP contribution in [0.4, 0.5) is 0 Å². The van der Waals surface area contributed by atoms with Gasteiger partial charge in [0.1, 0.15) is 5.75 Å². The number of hydrogen-bond acceptors (Lipinski definition) is 5. The number of aryl methyl sites for hydroxylation is 1. The number of fused-ring (bicyclic) bond motifs is 1. The van der Waals surface area contributed by atoms with Crippen molar-refractivity contribution in [3.63, 3.8) is 0 Å². The summed E-state index contributed by atoms with van der Waals surface area (Å²) in [6.45, 7) is 2.39. The Bertz CT molecular complexity index is 1240. The lowest BCUT2D eigenvalue weighted by molar-refractivity contribution is 0.306. The lowest BCUT2D eigenvalue weighted by Gasteiger charge is -2.11. The molecule has 0 bridgehead atoms. The van der Waals surface area contributed by atoms with Crippen LogP contribution in [0, 0.1) is 0 Å². The van der Waals surface area contributed by atoms with Gasteiger partial charge in [-0.2, -0.15) is 0 Å². The first-order valence-corrected chi connectivity index (χ1v) is 11.0. The Morgan fingerprint density at radius 3 is 2.54 bits per heavy atom. The SMILES string of the molecule is Cl.Cl.Cl.Cn1c(=O)ccc2cc(OCCCCNCc3cccnc3Cc3ccncc3)ccc21. The molecule has 0 unspecified atom stereocenters. The van der Waals surface area contributed by atoms with Crippen LogP contribution in [0.3, 0.4) is 0 Å². The van der Waals surface area contributed by atoms with Gasteiger partial charge < -0.3 is 14.6 Å². The van der Waals surface area contributed by atoms with E-state index in [2.05, 4.69) is 21.4 Å². The molecule has 4 aromatic rings. The summed E-state index contributed by atoms with van der Waals surface area (Å²) in [5.74, 6) is 0.834. The topological polar surface area (TPSA) is 69.0 Å². The summed E-state index contributed by atoms with van der Waals surface area (Å²) in [5, 5.41) is 4.53. The molecule has 35 heavy (non-hydrogen) atoms. The first-order chi connectivity index (χ1) is 15.7. The number of nitrogens with one attached hydrogen (secondary N) is 1. The van der Waals surface area contributed by atoms with Gasteiger partial charge in [-0.25, -0.2) is 0 Å². The van der Waals surface area contributed by atoms with E-state index in [9.17, 15) is 4.79 Å². The number of hydrogen-bond donors (Lipinski definition) is 1. The second-order valence-corrected chi connectivity index (χ2v) is 7.83. The fourth-order valence-electron chi connectivity index (χ4n) is 3.70. The number of pyridine rings is 3. The minimum atomic E-state index is -0.00515. The van der Waals surface area contributed by atoms with Crippen molar-refractivity contribution in [3.05, 3.63) is 100 Å². The Labute approximate surface area is 224 Å². The van der Waals surface area contributed by atoms with E-state index in [4.69, 9.17) is 4.74 Å². The zero-order valence-electron chi connectivity index (χ0n) is 19.6. The Morgan fingerprint density at radius 2 is 1.74 bits per heavy atom. The molecule has 188 valence electrons. The Morgan fingerprint density at radius 1 is 0.943 bits per heavy atom. The van der Waals surface area contributed by atoms with Crippen molar-refractivity contribution in [2.45, 2.75) is 25.8 Å². The van der Waals surface area contributed by atoms with Crippen molar-refractivity contribution in [2.75, 3.05) is 13.2 Å². The van der Waals surface area contributed by atoms with Crippen LogP contribution >= 0.6 is 37.2 Å². The van der Waals surface area contributed by atoms with Gasteiger partial charge in [-0.15, -0.1) is 37.2 Å². The van der Waals surface area contributed by atoms with Gasteiger partial charge in [-0.3, -0.25) is 14.8 Å². The Kier molecular flexibility index (Phi) is 13.3. The fourth-order valence-corrected chi connectivity index (χ4v) is 3.70. The van der Waals surface area contributed by atoms with Crippen LogP contribution in [0.15, 0.2) is 78.0 Å². The number of benzene rings is 1. The van der Waals surface area contributed by atoms with Crippen LogP contribution in [0.5, 0.6) is 5.75 Å². The largest absolute Gasteiger partial charge is 0.494 e. The maximum Gasteiger partial charge on any atom is 0.250 e. The molecule has 1 aromatic carbocycles. The monoisotopic (exact) mass is 536 g/mol. The molecule has 0 aliphatic heterocycles. The van der Waals surface area contributed by atoms with Gasteiger partial charge in [0, 0.05) is 55.8 Å². The molecule has 0 fully saturated rings. The number of ether oxygens (including phenoxy) is 1. The molecule has 0 saturated heterocycles. The Balaban J connectivity index is 0.00000204. The van der Waals surface area contributed by atoms with Crippen LogP contribution in [-0.2, 0) is 20.0 Å². The van der Waals surface area contributed by atoms with Crippen molar-refractivity contribution >= 4 is 48.1 Å². The van der Waals surface area contributed by atoms with E-state index in [1.807, 2.05) is 61.1 Å². The lowest BCUT2D eigenvalue weighted by atomic mass is 10.1. The zero-order valence-corrected chi connectivity index (χ0v) is 22.0. The van der Waals surface area contributed by atoms with Crippen molar-refractivity contribution in [1.82, 2.24) is 19.9 Å². The molecule has 0 amide bonds. The van der Waals surface area contributed by atoms with E-state index < -0.39 is 0 Å². The van der Waals surface area contributed by atoms with E-state index in [0.29, 0.717) is 6.61 Å². The summed E-state index contributed by atoms with van der Waals surface area (Å²) >= 11 is 0. The molecule has 0 atom stereocenters. The summed E-state index contributed by atoms with van der Waals surface area (Å²) in [4.78, 5) is 20.4. The molecule has 6 nitrogen and oxygen atoms in total. The van der Waals surface area contributed by atoms with Gasteiger partial charge in [0.2, 0.25) is 0 Å². The van der Waals surface area contributed by atoms with Crippen LogP contribution < -0.4 is 15.6 Å². The third kappa shape index (κ3) is 8.51. The highest BCUT2D eigenvalue weighted by Crippen LogP contribution is 2.19. The first-order valence-electron chi connectivity index (χ1n) is 11.0. The van der Waals surface area contributed by atoms with Crippen LogP contribution in [-0.4, -0.2) is 27.7 Å². The summed E-state index contributed by atoms with van der Waals surface area (Å²) in [5.41, 5.74) is 4.45. The maximum absolute atomic E-state index is 11.7. The minimum Gasteiger partial charge on any atom is -0.494 e. The van der Waals surface area contributed by atoms with Crippen LogP contribution in [0.25, 0.3) is 10.9 Å². The lowest BCUT2D eigenvalue weighted by Crippen LogP contribution is -2.17. The number of unbranched alkanes of at least 4 members (excludes halogenated alkanes) is 1. The van der Waals surface area contributed by atoms with Gasteiger partial charge in [-0.05, 0) is 73.0 Å². The minimum absolute atomic E-state index is 0. The van der Waals surface area contributed by atoms with Gasteiger partial charge in [0.25, 0.3) is 5.56 Å². The molecule has 9 heteroatoms. The van der Waals surface area contributed by atoms with E-state index in [1.165, 1.54) is 11.1 Å². The summed E-state index contributed by atoms with van der Waals surface area (Å²) in [7, 11) is 1.78. The van der Waals surface area contributed by atoms with Gasteiger partial charge in [0.05, 0.1) is 12.1 Å². The van der Waals surface area contributed by atoms with E-state index >= 15 is 0 Å². The molecule has 3 aromatic heterocycles. The highest BCUT2D eigenvalue weighted by molar-refractivity contribution is 5.86. The average molecular weight is 538 g/mol. The van der Waals surface area contributed by atoms with Gasteiger partial charge in [0.15, 0.2) is 0 Å². The number of nitrogens with zero attached hydrogens (tertiary/aromatic N) is 3. The van der Waals surface area contributed by atoms with Crippen molar-refractivity contribution in [2.24, 2.45) is 7.05 Å². The van der Waals surface area contributed by atoms with E-state index in [0.717, 1.165) is 54.7 Å². The third-order valence-corrected chi connectivity index (χ3v) is 5.53. The van der Waals surface area contributed by atoms with Crippen molar-refractivity contribution in [3.8, 4) is 5.75 Å². The second kappa shape index (κ2) is 15.4. The molecule has 0 aliphatic carbocycles. The molecule has 0 radical (unpaired) electrons. The summed E-state index contributed by atoms with van der Waals surface area (Å²) in [6.07, 6.45) is 8.30. The molecule has 4 rings (SSSR count). The second-order valence-electron chi connectivity index (χ2n) is 7.83. The predicted molar refractivity (Wildman–Crippen MR) is 149 cm³/mol. The molecule has 0 saturated carbocycles. The van der Waals surface area contributed by atoms with E-state index in [1.54, 1.807) is 17.7 Å². The summed E-state index contributed by atoms with van der Waals surface area (Å²) < 4.78 is 7.55. The number of rotatable bonds is 10. The molecule has 0 spiro atoms. The normalized spacial score (nSPS) is 10.1. The number of halogens is 3. The average Bonchev–Trinajstić information content (AvgIpc) is 2.82. The number of aromatic nitrogens is 3. The predicted octanol–water partition coefficient (Wildman–Crippen LogP) is 5.13. The smallest absolute Gasteiger partial charge is 0.250 e.